The van der Waals surface area contributed by atoms with Crippen LogP contribution in [0, 0.1) is 0 Å². The molecule has 164 valence electrons. The predicted octanol–water partition coefficient (Wildman–Crippen LogP) is 2.72. The fourth-order valence-electron chi connectivity index (χ4n) is 3.47. The fourth-order valence-corrected chi connectivity index (χ4v) is 3.47. The summed E-state index contributed by atoms with van der Waals surface area (Å²) in [6.07, 6.45) is 1.89. The highest BCUT2D eigenvalue weighted by atomic mass is 127. The van der Waals surface area contributed by atoms with Crippen LogP contribution in [0.5, 0.6) is 5.75 Å². The van der Waals surface area contributed by atoms with Crippen LogP contribution in [0.25, 0.3) is 0 Å². The van der Waals surface area contributed by atoms with Crippen LogP contribution in [0.2, 0.25) is 0 Å². The van der Waals surface area contributed by atoms with Crippen molar-refractivity contribution >= 4 is 35.8 Å². The minimum Gasteiger partial charge on any atom is -0.496 e. The summed E-state index contributed by atoms with van der Waals surface area (Å²) in [5, 5.41) is 6.73. The van der Waals surface area contributed by atoms with Gasteiger partial charge in [-0.2, -0.15) is 0 Å². The number of aromatic nitrogens is 1. The van der Waals surface area contributed by atoms with E-state index in [1.807, 2.05) is 36.5 Å². The van der Waals surface area contributed by atoms with Crippen LogP contribution in [-0.4, -0.2) is 62.7 Å². The Balaban J connectivity index is 0.00000320. The number of halogens is 1. The number of piperazine rings is 1. The third kappa shape index (κ3) is 6.73. The lowest BCUT2D eigenvalue weighted by Gasteiger charge is -2.34. The van der Waals surface area contributed by atoms with Crippen molar-refractivity contribution < 1.29 is 4.74 Å². The molecular formula is C22H33IN6O. The zero-order valence-corrected chi connectivity index (χ0v) is 20.4. The van der Waals surface area contributed by atoms with Gasteiger partial charge in [0.05, 0.1) is 7.11 Å². The third-order valence-corrected chi connectivity index (χ3v) is 5.28. The lowest BCUT2D eigenvalue weighted by Crippen LogP contribution is -2.46. The Morgan fingerprint density at radius 1 is 1.10 bits per heavy atom. The zero-order chi connectivity index (χ0) is 20.5. The highest BCUT2D eigenvalue weighted by Gasteiger charge is 2.16. The third-order valence-electron chi connectivity index (χ3n) is 5.28. The number of para-hydroxylation sites is 1. The molecule has 0 radical (unpaired) electrons. The number of rotatable bonds is 7. The monoisotopic (exact) mass is 524 g/mol. The SMILES string of the molecule is CCN1CCN(c2cc(CNC(=NC)NCc3ccccc3OC)ccn2)CC1.I. The van der Waals surface area contributed by atoms with Gasteiger partial charge in [0.25, 0.3) is 0 Å². The molecule has 1 aromatic heterocycles. The number of ether oxygens (including phenoxy) is 1. The molecule has 0 saturated carbocycles. The Labute approximate surface area is 196 Å². The minimum absolute atomic E-state index is 0. The average Bonchev–Trinajstić information content (AvgIpc) is 2.79. The molecule has 2 aromatic rings. The first kappa shape index (κ1) is 24.2. The second-order valence-electron chi connectivity index (χ2n) is 7.03. The number of nitrogens with one attached hydrogen (secondary N) is 2. The van der Waals surface area contributed by atoms with Gasteiger partial charge < -0.3 is 25.2 Å². The fraction of sp³-hybridized carbons (Fsp3) is 0.455. The molecule has 1 aromatic carbocycles. The van der Waals surface area contributed by atoms with Crippen LogP contribution < -0.4 is 20.3 Å². The van der Waals surface area contributed by atoms with Gasteiger partial charge >= 0.3 is 0 Å². The van der Waals surface area contributed by atoms with Gasteiger partial charge in [-0.15, -0.1) is 24.0 Å². The summed E-state index contributed by atoms with van der Waals surface area (Å²) >= 11 is 0. The summed E-state index contributed by atoms with van der Waals surface area (Å²) in [5.74, 6) is 2.68. The second kappa shape index (κ2) is 12.6. The molecule has 1 aliphatic heterocycles. The Morgan fingerprint density at radius 2 is 1.83 bits per heavy atom. The molecule has 3 rings (SSSR count). The summed E-state index contributed by atoms with van der Waals surface area (Å²) in [7, 11) is 3.47. The van der Waals surface area contributed by atoms with Crippen molar-refractivity contribution in [2.75, 3.05) is 51.8 Å². The molecule has 0 aliphatic carbocycles. The van der Waals surface area contributed by atoms with Crippen molar-refractivity contribution in [2.45, 2.75) is 20.0 Å². The van der Waals surface area contributed by atoms with Gasteiger partial charge in [-0.05, 0) is 30.3 Å². The van der Waals surface area contributed by atoms with Crippen molar-refractivity contribution in [2.24, 2.45) is 4.99 Å². The van der Waals surface area contributed by atoms with Gasteiger partial charge in [0, 0.05) is 58.1 Å². The largest absolute Gasteiger partial charge is 0.496 e. The molecule has 0 bridgehead atoms. The molecular weight excluding hydrogens is 491 g/mol. The molecule has 0 unspecified atom stereocenters. The zero-order valence-electron chi connectivity index (χ0n) is 18.1. The number of aliphatic imine (C=N–C) groups is 1. The normalized spacial score (nSPS) is 14.8. The quantitative estimate of drug-likeness (QED) is 0.330. The number of benzene rings is 1. The number of likely N-dealkylation sites (N-methyl/N-ethyl adjacent to an activating group) is 1. The minimum atomic E-state index is 0. The van der Waals surface area contributed by atoms with E-state index in [0.717, 1.165) is 55.8 Å². The van der Waals surface area contributed by atoms with Gasteiger partial charge in [0.2, 0.25) is 0 Å². The first-order chi connectivity index (χ1) is 14.2. The molecule has 7 nitrogen and oxygen atoms in total. The molecule has 1 fully saturated rings. The number of anilines is 1. The summed E-state index contributed by atoms with van der Waals surface area (Å²) in [6, 6.07) is 12.2. The summed E-state index contributed by atoms with van der Waals surface area (Å²) in [4.78, 5) is 13.7. The van der Waals surface area contributed by atoms with Gasteiger partial charge in [0.15, 0.2) is 5.96 Å². The molecule has 0 spiro atoms. The van der Waals surface area contributed by atoms with E-state index in [4.69, 9.17) is 4.74 Å². The summed E-state index contributed by atoms with van der Waals surface area (Å²) in [6.45, 7) is 8.92. The number of methoxy groups -OCH3 is 1. The Hall–Kier alpha value is -2.07. The molecule has 30 heavy (non-hydrogen) atoms. The molecule has 1 aliphatic rings. The topological polar surface area (TPSA) is 65.0 Å². The van der Waals surface area contributed by atoms with Crippen molar-refractivity contribution in [3.63, 3.8) is 0 Å². The molecule has 1 saturated heterocycles. The van der Waals surface area contributed by atoms with Crippen LogP contribution in [0.1, 0.15) is 18.1 Å². The van der Waals surface area contributed by atoms with E-state index < -0.39 is 0 Å². The van der Waals surface area contributed by atoms with Crippen LogP contribution in [0.4, 0.5) is 5.82 Å². The average molecular weight is 524 g/mol. The standard InChI is InChI=1S/C22H32N6O.HI/c1-4-27-11-13-28(14-12-27)21-15-18(9-10-24-21)16-25-22(23-2)26-17-19-7-5-6-8-20(19)29-3;/h5-10,15H,4,11-14,16-17H2,1-3H3,(H2,23,25,26);1H. The number of nitrogens with zero attached hydrogens (tertiary/aromatic N) is 4. The lowest BCUT2D eigenvalue weighted by molar-refractivity contribution is 0.270. The number of hydrogen-bond acceptors (Lipinski definition) is 5. The van der Waals surface area contributed by atoms with E-state index in [1.54, 1.807) is 14.2 Å². The van der Waals surface area contributed by atoms with E-state index in [-0.39, 0.29) is 24.0 Å². The van der Waals surface area contributed by atoms with Crippen LogP contribution in [0.3, 0.4) is 0 Å². The van der Waals surface area contributed by atoms with E-state index in [9.17, 15) is 0 Å². The lowest BCUT2D eigenvalue weighted by atomic mass is 10.2. The highest BCUT2D eigenvalue weighted by molar-refractivity contribution is 14.0. The Kier molecular flexibility index (Phi) is 10.2. The van der Waals surface area contributed by atoms with E-state index in [0.29, 0.717) is 13.1 Å². The number of hydrogen-bond donors (Lipinski definition) is 2. The smallest absolute Gasteiger partial charge is 0.191 e. The van der Waals surface area contributed by atoms with Crippen molar-refractivity contribution in [1.82, 2.24) is 20.5 Å². The van der Waals surface area contributed by atoms with Crippen LogP contribution in [0.15, 0.2) is 47.6 Å². The van der Waals surface area contributed by atoms with Gasteiger partial charge in [-0.1, -0.05) is 25.1 Å². The molecule has 0 amide bonds. The van der Waals surface area contributed by atoms with Crippen molar-refractivity contribution in [3.05, 3.63) is 53.7 Å². The Morgan fingerprint density at radius 3 is 2.53 bits per heavy atom. The first-order valence-electron chi connectivity index (χ1n) is 10.2. The van der Waals surface area contributed by atoms with E-state index >= 15 is 0 Å². The predicted molar refractivity (Wildman–Crippen MR) is 134 cm³/mol. The van der Waals surface area contributed by atoms with E-state index in [1.165, 1.54) is 5.56 Å². The molecule has 8 heteroatoms. The molecule has 2 heterocycles. The van der Waals surface area contributed by atoms with Crippen LogP contribution >= 0.6 is 24.0 Å². The van der Waals surface area contributed by atoms with Gasteiger partial charge in [-0.25, -0.2) is 4.98 Å². The van der Waals surface area contributed by atoms with Gasteiger partial charge in [0.1, 0.15) is 11.6 Å². The molecule has 0 atom stereocenters. The summed E-state index contributed by atoms with van der Waals surface area (Å²) < 4.78 is 5.41. The Bertz CT molecular complexity index is 808. The first-order valence-corrected chi connectivity index (χ1v) is 10.2. The highest BCUT2D eigenvalue weighted by Crippen LogP contribution is 2.17. The van der Waals surface area contributed by atoms with E-state index in [2.05, 4.69) is 43.4 Å². The maximum Gasteiger partial charge on any atom is 0.191 e. The molecule has 2 N–H and O–H groups in total. The van der Waals surface area contributed by atoms with Crippen molar-refractivity contribution in [1.29, 1.82) is 0 Å². The summed E-state index contributed by atoms with van der Waals surface area (Å²) in [5.41, 5.74) is 2.28. The van der Waals surface area contributed by atoms with Crippen molar-refractivity contribution in [3.8, 4) is 5.75 Å². The van der Waals surface area contributed by atoms with Crippen LogP contribution in [-0.2, 0) is 13.1 Å². The number of guanidine groups is 1. The maximum absolute atomic E-state index is 5.41. The second-order valence-corrected chi connectivity index (χ2v) is 7.03. The van der Waals surface area contributed by atoms with Gasteiger partial charge in [-0.3, -0.25) is 4.99 Å². The number of pyridine rings is 1. The maximum atomic E-state index is 5.41.